The van der Waals surface area contributed by atoms with E-state index in [2.05, 4.69) is 5.32 Å². The van der Waals surface area contributed by atoms with Gasteiger partial charge in [-0.25, -0.2) is 0 Å². The first kappa shape index (κ1) is 23.6. The highest BCUT2D eigenvalue weighted by atomic mass is 16.5. The third-order valence-corrected chi connectivity index (χ3v) is 4.48. The number of aryl methyl sites for hydroxylation is 2. The Kier molecular flexibility index (Phi) is 9.24. The second kappa shape index (κ2) is 12.1. The number of carbonyl (C=O) groups is 3. The fourth-order valence-electron chi connectivity index (χ4n) is 3.11. The van der Waals surface area contributed by atoms with Crippen LogP contribution < -0.4 is 10.2 Å². The van der Waals surface area contributed by atoms with Crippen LogP contribution in [0.4, 0.5) is 5.69 Å². The number of rotatable bonds is 10. The molecule has 2 amide bonds. The van der Waals surface area contributed by atoms with Crippen LogP contribution in [0.5, 0.6) is 0 Å². The maximum Gasteiger partial charge on any atom is 0.308 e. The van der Waals surface area contributed by atoms with E-state index in [0.717, 1.165) is 16.7 Å². The number of ether oxygens (including phenoxy) is 1. The average Bonchev–Trinajstić information content (AvgIpc) is 2.72. The first-order valence-corrected chi connectivity index (χ1v) is 10.1. The molecule has 0 aliphatic heterocycles. The second-order valence-corrected chi connectivity index (χ2v) is 7.22. The van der Waals surface area contributed by atoms with Crippen molar-refractivity contribution in [3.8, 4) is 6.07 Å². The zero-order valence-corrected chi connectivity index (χ0v) is 17.9. The lowest BCUT2D eigenvalue weighted by Gasteiger charge is -2.22. The van der Waals surface area contributed by atoms with Crippen molar-refractivity contribution >= 4 is 23.5 Å². The molecule has 7 heteroatoms. The summed E-state index contributed by atoms with van der Waals surface area (Å²) in [6.45, 7) is 3.78. The predicted molar refractivity (Wildman–Crippen MR) is 117 cm³/mol. The SMILES string of the molecule is Cc1cc(C)cc(N(CCC#N)C(=O)COC(=O)CCNC(=O)Cc2ccccc2)c1. The largest absolute Gasteiger partial charge is 0.455 e. The van der Waals surface area contributed by atoms with Crippen LogP contribution in [0, 0.1) is 25.2 Å². The van der Waals surface area contributed by atoms with Crippen molar-refractivity contribution in [1.82, 2.24) is 5.32 Å². The van der Waals surface area contributed by atoms with Gasteiger partial charge in [0.1, 0.15) is 0 Å². The van der Waals surface area contributed by atoms with E-state index >= 15 is 0 Å². The molecule has 2 aromatic carbocycles. The minimum atomic E-state index is -0.575. The summed E-state index contributed by atoms with van der Waals surface area (Å²) in [6, 6.07) is 17.0. The molecule has 2 aromatic rings. The molecule has 0 aromatic heterocycles. The molecule has 0 saturated carbocycles. The van der Waals surface area contributed by atoms with Gasteiger partial charge in [0.05, 0.1) is 25.3 Å². The summed E-state index contributed by atoms with van der Waals surface area (Å²) >= 11 is 0. The monoisotopic (exact) mass is 421 g/mol. The highest BCUT2D eigenvalue weighted by Gasteiger charge is 2.18. The number of hydrogen-bond acceptors (Lipinski definition) is 5. The van der Waals surface area contributed by atoms with Crippen molar-refractivity contribution in [3.05, 3.63) is 65.2 Å². The van der Waals surface area contributed by atoms with Crippen LogP contribution in [0.15, 0.2) is 48.5 Å². The maximum atomic E-state index is 12.6. The molecule has 2 rings (SSSR count). The van der Waals surface area contributed by atoms with Crippen LogP contribution in [-0.2, 0) is 25.5 Å². The van der Waals surface area contributed by atoms with Gasteiger partial charge in [0.15, 0.2) is 6.61 Å². The number of benzene rings is 2. The highest BCUT2D eigenvalue weighted by Crippen LogP contribution is 2.19. The molecule has 162 valence electrons. The third kappa shape index (κ3) is 8.31. The van der Waals surface area contributed by atoms with Crippen molar-refractivity contribution in [2.75, 3.05) is 24.6 Å². The maximum absolute atomic E-state index is 12.6. The van der Waals surface area contributed by atoms with Gasteiger partial charge in [0.25, 0.3) is 5.91 Å². The van der Waals surface area contributed by atoms with Gasteiger partial charge in [-0.3, -0.25) is 14.4 Å². The molecule has 0 bridgehead atoms. The average molecular weight is 421 g/mol. The molecule has 1 N–H and O–H groups in total. The Morgan fingerprint density at radius 1 is 1.06 bits per heavy atom. The fourth-order valence-corrected chi connectivity index (χ4v) is 3.11. The van der Waals surface area contributed by atoms with Crippen molar-refractivity contribution in [2.24, 2.45) is 0 Å². The number of nitrogens with zero attached hydrogens (tertiary/aromatic N) is 2. The molecule has 0 unspecified atom stereocenters. The lowest BCUT2D eigenvalue weighted by molar-refractivity contribution is -0.147. The molecular formula is C24H27N3O4. The predicted octanol–water partition coefficient (Wildman–Crippen LogP) is 2.84. The van der Waals surface area contributed by atoms with E-state index in [1.807, 2.05) is 68.4 Å². The second-order valence-electron chi connectivity index (χ2n) is 7.22. The number of esters is 1. The van der Waals surface area contributed by atoms with Gasteiger partial charge in [-0.1, -0.05) is 36.4 Å². The van der Waals surface area contributed by atoms with E-state index in [0.29, 0.717) is 5.69 Å². The Morgan fingerprint density at radius 2 is 1.74 bits per heavy atom. The van der Waals surface area contributed by atoms with E-state index in [1.165, 1.54) is 4.90 Å². The highest BCUT2D eigenvalue weighted by molar-refractivity contribution is 5.95. The molecule has 0 aliphatic carbocycles. The van der Waals surface area contributed by atoms with E-state index in [-0.39, 0.29) is 38.3 Å². The molecule has 0 atom stereocenters. The zero-order chi connectivity index (χ0) is 22.6. The first-order chi connectivity index (χ1) is 14.9. The Morgan fingerprint density at radius 3 is 2.39 bits per heavy atom. The number of nitriles is 1. The molecule has 0 radical (unpaired) electrons. The Bertz CT molecular complexity index is 931. The Balaban J connectivity index is 1.81. The van der Waals surface area contributed by atoms with Crippen LogP contribution in [0.1, 0.15) is 29.5 Å². The van der Waals surface area contributed by atoms with Crippen LogP contribution in [0.25, 0.3) is 0 Å². The minimum Gasteiger partial charge on any atom is -0.455 e. The van der Waals surface area contributed by atoms with Crippen LogP contribution in [0.2, 0.25) is 0 Å². The summed E-state index contributed by atoms with van der Waals surface area (Å²) in [5, 5.41) is 11.6. The summed E-state index contributed by atoms with van der Waals surface area (Å²) in [4.78, 5) is 38.0. The summed E-state index contributed by atoms with van der Waals surface area (Å²) in [6.07, 6.45) is 0.369. The molecule has 0 heterocycles. The van der Waals surface area contributed by atoms with Crippen molar-refractivity contribution in [1.29, 1.82) is 5.26 Å². The topological polar surface area (TPSA) is 99.5 Å². The molecule has 0 spiro atoms. The number of hydrogen-bond donors (Lipinski definition) is 1. The minimum absolute atomic E-state index is 0.0322. The summed E-state index contributed by atoms with van der Waals surface area (Å²) in [5.74, 6) is -1.16. The lowest BCUT2D eigenvalue weighted by atomic mass is 10.1. The summed E-state index contributed by atoms with van der Waals surface area (Å²) < 4.78 is 5.08. The number of anilines is 1. The zero-order valence-electron chi connectivity index (χ0n) is 17.9. The molecule has 0 aliphatic rings. The van der Waals surface area contributed by atoms with Gasteiger partial charge in [-0.05, 0) is 42.7 Å². The van der Waals surface area contributed by atoms with Crippen molar-refractivity contribution < 1.29 is 19.1 Å². The lowest BCUT2D eigenvalue weighted by Crippen LogP contribution is -2.36. The van der Waals surface area contributed by atoms with Gasteiger partial charge < -0.3 is 15.0 Å². The Labute approximate surface area is 182 Å². The Hall–Kier alpha value is -3.66. The molecule has 0 fully saturated rings. The van der Waals surface area contributed by atoms with Crippen LogP contribution >= 0.6 is 0 Å². The van der Waals surface area contributed by atoms with Crippen LogP contribution in [0.3, 0.4) is 0 Å². The quantitative estimate of drug-likeness (QED) is 0.595. The smallest absolute Gasteiger partial charge is 0.308 e. The molecule has 7 nitrogen and oxygen atoms in total. The first-order valence-electron chi connectivity index (χ1n) is 10.1. The van der Waals surface area contributed by atoms with Gasteiger partial charge >= 0.3 is 5.97 Å². The van der Waals surface area contributed by atoms with E-state index in [4.69, 9.17) is 10.00 Å². The van der Waals surface area contributed by atoms with Gasteiger partial charge in [-0.2, -0.15) is 5.26 Å². The number of carbonyl (C=O) groups excluding carboxylic acids is 3. The van der Waals surface area contributed by atoms with Crippen LogP contribution in [-0.4, -0.2) is 37.5 Å². The van der Waals surface area contributed by atoms with Crippen molar-refractivity contribution in [3.63, 3.8) is 0 Å². The number of nitrogens with one attached hydrogen (secondary N) is 1. The van der Waals surface area contributed by atoms with E-state index in [9.17, 15) is 14.4 Å². The summed E-state index contributed by atoms with van der Waals surface area (Å²) in [5.41, 5.74) is 3.54. The molecular weight excluding hydrogens is 394 g/mol. The van der Waals surface area contributed by atoms with Gasteiger partial charge in [0, 0.05) is 18.8 Å². The van der Waals surface area contributed by atoms with Gasteiger partial charge in [0.2, 0.25) is 5.91 Å². The van der Waals surface area contributed by atoms with E-state index in [1.54, 1.807) is 0 Å². The standard InChI is InChI=1S/C24H27N3O4/c1-18-13-19(2)15-21(14-18)27(12-6-10-25)23(29)17-31-24(30)9-11-26-22(28)16-20-7-4-3-5-8-20/h3-5,7-8,13-15H,6,9,11-12,16-17H2,1-2H3,(H,26,28). The van der Waals surface area contributed by atoms with Gasteiger partial charge in [-0.15, -0.1) is 0 Å². The fraction of sp³-hybridized carbons (Fsp3) is 0.333. The van der Waals surface area contributed by atoms with E-state index < -0.39 is 18.5 Å². The van der Waals surface area contributed by atoms with Crippen molar-refractivity contribution in [2.45, 2.75) is 33.1 Å². The molecule has 31 heavy (non-hydrogen) atoms. The number of amides is 2. The summed E-state index contributed by atoms with van der Waals surface area (Å²) in [7, 11) is 0. The normalized spacial score (nSPS) is 10.1. The molecule has 0 saturated heterocycles. The third-order valence-electron chi connectivity index (χ3n) is 4.48.